The zero-order valence-electron chi connectivity index (χ0n) is 15.7. The maximum Gasteiger partial charge on any atom is 0.241 e. The minimum Gasteiger partial charge on any atom is -0.357 e. The first kappa shape index (κ1) is 23.1. The van der Waals surface area contributed by atoms with Crippen LogP contribution in [-0.2, 0) is 11.2 Å². The SMILES string of the molecule is CCNC(=NCC(=O)NCCc1ccccc1)NC1CCC(SC)C1.I. The number of carbonyl (C=O) groups is 1. The van der Waals surface area contributed by atoms with Gasteiger partial charge in [-0.2, -0.15) is 11.8 Å². The molecule has 1 aromatic rings. The van der Waals surface area contributed by atoms with Crippen LogP contribution in [0.1, 0.15) is 31.7 Å². The van der Waals surface area contributed by atoms with E-state index in [-0.39, 0.29) is 36.4 Å². The third-order valence-corrected chi connectivity index (χ3v) is 5.46. The fraction of sp³-hybridized carbons (Fsp3) is 0.579. The number of nitrogens with one attached hydrogen (secondary N) is 3. The first-order valence-electron chi connectivity index (χ1n) is 9.09. The van der Waals surface area contributed by atoms with E-state index in [1.54, 1.807) is 0 Å². The van der Waals surface area contributed by atoms with Crippen LogP contribution < -0.4 is 16.0 Å². The van der Waals surface area contributed by atoms with Gasteiger partial charge in [-0.05, 0) is 44.4 Å². The molecule has 146 valence electrons. The molecule has 0 bridgehead atoms. The Labute approximate surface area is 178 Å². The van der Waals surface area contributed by atoms with E-state index in [0.717, 1.165) is 30.6 Å². The van der Waals surface area contributed by atoms with Crippen LogP contribution >= 0.6 is 35.7 Å². The van der Waals surface area contributed by atoms with Gasteiger partial charge in [-0.3, -0.25) is 4.79 Å². The average molecular weight is 490 g/mol. The zero-order chi connectivity index (χ0) is 17.9. The zero-order valence-corrected chi connectivity index (χ0v) is 18.8. The van der Waals surface area contributed by atoms with E-state index in [1.165, 1.54) is 18.4 Å². The highest BCUT2D eigenvalue weighted by Gasteiger charge is 2.24. The van der Waals surface area contributed by atoms with Gasteiger partial charge in [0.15, 0.2) is 5.96 Å². The van der Waals surface area contributed by atoms with Crippen LogP contribution in [0.3, 0.4) is 0 Å². The number of amides is 1. The lowest BCUT2D eigenvalue weighted by Gasteiger charge is -2.17. The summed E-state index contributed by atoms with van der Waals surface area (Å²) in [6.45, 7) is 3.62. The summed E-state index contributed by atoms with van der Waals surface area (Å²) in [7, 11) is 0. The van der Waals surface area contributed by atoms with Crippen LogP contribution in [-0.4, -0.2) is 49.0 Å². The first-order valence-corrected chi connectivity index (χ1v) is 10.4. The van der Waals surface area contributed by atoms with Crippen molar-refractivity contribution in [1.29, 1.82) is 0 Å². The molecule has 2 atom stereocenters. The summed E-state index contributed by atoms with van der Waals surface area (Å²) in [5.41, 5.74) is 1.23. The van der Waals surface area contributed by atoms with Crippen molar-refractivity contribution in [3.63, 3.8) is 0 Å². The van der Waals surface area contributed by atoms with Gasteiger partial charge in [0, 0.05) is 24.4 Å². The Morgan fingerprint density at radius 2 is 2.00 bits per heavy atom. The molecular formula is C19H31IN4OS. The lowest BCUT2D eigenvalue weighted by molar-refractivity contribution is -0.119. The summed E-state index contributed by atoms with van der Waals surface area (Å²) in [6, 6.07) is 10.6. The minimum atomic E-state index is -0.0402. The van der Waals surface area contributed by atoms with Crippen molar-refractivity contribution < 1.29 is 4.79 Å². The van der Waals surface area contributed by atoms with E-state index in [0.29, 0.717) is 12.6 Å². The fourth-order valence-electron chi connectivity index (χ4n) is 3.00. The van der Waals surface area contributed by atoms with Crippen molar-refractivity contribution in [3.8, 4) is 0 Å². The second-order valence-electron chi connectivity index (χ2n) is 6.29. The lowest BCUT2D eigenvalue weighted by atomic mass is 10.1. The number of hydrogen-bond acceptors (Lipinski definition) is 3. The Morgan fingerprint density at radius 1 is 1.23 bits per heavy atom. The summed E-state index contributed by atoms with van der Waals surface area (Å²) in [5, 5.41) is 10.4. The van der Waals surface area contributed by atoms with Crippen LogP contribution in [0.5, 0.6) is 0 Å². The van der Waals surface area contributed by atoms with Crippen LogP contribution in [0, 0.1) is 0 Å². The van der Waals surface area contributed by atoms with Crippen LogP contribution in [0.25, 0.3) is 0 Å². The average Bonchev–Trinajstić information content (AvgIpc) is 3.08. The molecule has 2 rings (SSSR count). The summed E-state index contributed by atoms with van der Waals surface area (Å²) in [4.78, 5) is 16.4. The minimum absolute atomic E-state index is 0. The topological polar surface area (TPSA) is 65.5 Å². The Morgan fingerprint density at radius 3 is 2.65 bits per heavy atom. The molecule has 7 heteroatoms. The Balaban J connectivity index is 0.00000338. The van der Waals surface area contributed by atoms with Crippen molar-refractivity contribution in [2.24, 2.45) is 4.99 Å². The van der Waals surface area contributed by atoms with Crippen molar-refractivity contribution >= 4 is 47.6 Å². The van der Waals surface area contributed by atoms with Gasteiger partial charge in [-0.15, -0.1) is 24.0 Å². The van der Waals surface area contributed by atoms with Gasteiger partial charge in [0.25, 0.3) is 0 Å². The van der Waals surface area contributed by atoms with Gasteiger partial charge < -0.3 is 16.0 Å². The van der Waals surface area contributed by atoms with Crippen LogP contribution in [0.15, 0.2) is 35.3 Å². The molecule has 0 aliphatic heterocycles. The quantitative estimate of drug-likeness (QED) is 0.298. The molecule has 0 spiro atoms. The molecule has 1 aliphatic rings. The predicted molar refractivity (Wildman–Crippen MR) is 123 cm³/mol. The number of guanidine groups is 1. The summed E-state index contributed by atoms with van der Waals surface area (Å²) >= 11 is 1.94. The summed E-state index contributed by atoms with van der Waals surface area (Å²) in [6.07, 6.45) is 6.59. The maximum atomic E-state index is 12.0. The highest BCUT2D eigenvalue weighted by atomic mass is 127. The molecule has 1 fully saturated rings. The number of carbonyl (C=O) groups excluding carboxylic acids is 1. The number of aliphatic imine (C=N–C) groups is 1. The number of thioether (sulfide) groups is 1. The molecule has 0 aromatic heterocycles. The first-order chi connectivity index (χ1) is 12.2. The normalized spacial score (nSPS) is 19.5. The molecule has 5 nitrogen and oxygen atoms in total. The predicted octanol–water partition coefficient (Wildman–Crippen LogP) is 2.80. The molecular weight excluding hydrogens is 459 g/mol. The Hall–Kier alpha value is -0.960. The van der Waals surface area contributed by atoms with Gasteiger partial charge in [-0.1, -0.05) is 30.3 Å². The van der Waals surface area contributed by atoms with E-state index in [1.807, 2.05) is 36.9 Å². The van der Waals surface area contributed by atoms with Crippen LogP contribution in [0.4, 0.5) is 0 Å². The van der Waals surface area contributed by atoms with Gasteiger partial charge in [0.05, 0.1) is 0 Å². The smallest absolute Gasteiger partial charge is 0.241 e. The molecule has 1 aromatic carbocycles. The Bertz CT molecular complexity index is 556. The molecule has 3 N–H and O–H groups in total. The molecule has 2 unspecified atom stereocenters. The molecule has 1 aliphatic carbocycles. The number of rotatable bonds is 8. The maximum absolute atomic E-state index is 12.0. The highest BCUT2D eigenvalue weighted by molar-refractivity contribution is 14.0. The Kier molecular flexibility index (Phi) is 11.8. The van der Waals surface area contributed by atoms with Crippen molar-refractivity contribution in [1.82, 2.24) is 16.0 Å². The second-order valence-corrected chi connectivity index (χ2v) is 7.43. The van der Waals surface area contributed by atoms with E-state index in [4.69, 9.17) is 0 Å². The third kappa shape index (κ3) is 8.62. The number of nitrogens with zero attached hydrogens (tertiary/aromatic N) is 1. The summed E-state index contributed by atoms with van der Waals surface area (Å²) in [5.74, 6) is 0.703. The third-order valence-electron chi connectivity index (χ3n) is 4.36. The van der Waals surface area contributed by atoms with Crippen molar-refractivity contribution in [2.45, 2.75) is 43.9 Å². The molecule has 0 saturated heterocycles. The van der Waals surface area contributed by atoms with Gasteiger partial charge in [0.2, 0.25) is 5.91 Å². The standard InChI is InChI=1S/C19H30N4OS.HI/c1-3-20-19(23-16-9-10-17(13-16)25-2)22-14-18(24)21-12-11-15-7-5-4-6-8-15;/h4-8,16-17H,3,9-14H2,1-2H3,(H,21,24)(H2,20,22,23);1H. The number of hydrogen-bond donors (Lipinski definition) is 3. The molecule has 1 saturated carbocycles. The van der Waals surface area contributed by atoms with E-state index < -0.39 is 0 Å². The molecule has 0 heterocycles. The summed E-state index contributed by atoms with van der Waals surface area (Å²) < 4.78 is 0. The monoisotopic (exact) mass is 490 g/mol. The fourth-order valence-corrected chi connectivity index (χ4v) is 3.79. The van der Waals surface area contributed by atoms with Crippen molar-refractivity contribution in [2.75, 3.05) is 25.9 Å². The van der Waals surface area contributed by atoms with E-state index in [2.05, 4.69) is 39.3 Å². The van der Waals surface area contributed by atoms with Crippen LogP contribution in [0.2, 0.25) is 0 Å². The highest BCUT2D eigenvalue weighted by Crippen LogP contribution is 2.27. The van der Waals surface area contributed by atoms with Gasteiger partial charge in [0.1, 0.15) is 6.54 Å². The largest absolute Gasteiger partial charge is 0.357 e. The van der Waals surface area contributed by atoms with Gasteiger partial charge in [-0.25, -0.2) is 4.99 Å². The number of benzene rings is 1. The van der Waals surface area contributed by atoms with Crippen molar-refractivity contribution in [3.05, 3.63) is 35.9 Å². The lowest BCUT2D eigenvalue weighted by Crippen LogP contribution is -2.43. The van der Waals surface area contributed by atoms with E-state index >= 15 is 0 Å². The van der Waals surface area contributed by atoms with Gasteiger partial charge >= 0.3 is 0 Å². The molecule has 26 heavy (non-hydrogen) atoms. The molecule has 1 amide bonds. The molecule has 0 radical (unpaired) electrons. The van der Waals surface area contributed by atoms with E-state index in [9.17, 15) is 4.79 Å². The number of halogens is 1. The second kappa shape index (κ2) is 13.2.